The average Bonchev–Trinajstić information content (AvgIpc) is 3.24. The van der Waals surface area contributed by atoms with Crippen molar-refractivity contribution in [2.45, 2.75) is 25.5 Å². The lowest BCUT2D eigenvalue weighted by Gasteiger charge is -2.13. The molecule has 1 aliphatic heterocycles. The van der Waals surface area contributed by atoms with Crippen LogP contribution in [0.5, 0.6) is 0 Å². The minimum absolute atomic E-state index is 0.0304. The molecular weight excluding hydrogens is 320 g/mol. The van der Waals surface area contributed by atoms with Crippen LogP contribution in [0.3, 0.4) is 0 Å². The van der Waals surface area contributed by atoms with Gasteiger partial charge in [0.15, 0.2) is 0 Å². The van der Waals surface area contributed by atoms with E-state index >= 15 is 0 Å². The number of urea groups is 1. The molecule has 134 valence electrons. The Labute approximate surface area is 147 Å². The van der Waals surface area contributed by atoms with Crippen molar-refractivity contribution >= 4 is 17.5 Å². The molecule has 3 heterocycles. The maximum absolute atomic E-state index is 12.2. The van der Waals surface area contributed by atoms with Gasteiger partial charge in [-0.05, 0) is 25.0 Å². The van der Waals surface area contributed by atoms with Gasteiger partial charge >= 0.3 is 6.03 Å². The number of carbonyl (C=O) groups is 1. The highest BCUT2D eigenvalue weighted by Crippen LogP contribution is 2.28. The van der Waals surface area contributed by atoms with E-state index in [4.69, 9.17) is 4.74 Å². The summed E-state index contributed by atoms with van der Waals surface area (Å²) in [5.41, 5.74) is 2.70. The maximum atomic E-state index is 12.2. The number of anilines is 2. The van der Waals surface area contributed by atoms with E-state index in [1.807, 2.05) is 37.2 Å². The number of nitrogens with one attached hydrogen (secondary N) is 2. The van der Waals surface area contributed by atoms with E-state index in [1.54, 1.807) is 17.9 Å². The molecule has 8 nitrogen and oxygen atoms in total. The molecule has 1 saturated heterocycles. The Morgan fingerprint density at radius 1 is 1.44 bits per heavy atom. The maximum Gasteiger partial charge on any atom is 0.320 e. The second kappa shape index (κ2) is 7.52. The van der Waals surface area contributed by atoms with Crippen molar-refractivity contribution in [2.24, 2.45) is 7.05 Å². The normalized spacial score (nSPS) is 16.7. The summed E-state index contributed by atoms with van der Waals surface area (Å²) in [5.74, 6) is 0.637. The number of amides is 2. The number of hydrogen-bond acceptors (Lipinski definition) is 5. The van der Waals surface area contributed by atoms with Crippen molar-refractivity contribution in [2.75, 3.05) is 30.9 Å². The van der Waals surface area contributed by atoms with Crippen LogP contribution in [0.1, 0.15) is 30.3 Å². The summed E-state index contributed by atoms with van der Waals surface area (Å²) in [4.78, 5) is 18.4. The zero-order chi connectivity index (χ0) is 17.8. The molecule has 1 aliphatic rings. The van der Waals surface area contributed by atoms with Crippen LogP contribution in [0.2, 0.25) is 0 Å². The van der Waals surface area contributed by atoms with Crippen LogP contribution in [-0.4, -0.2) is 41.5 Å². The van der Waals surface area contributed by atoms with Gasteiger partial charge in [0.1, 0.15) is 11.9 Å². The van der Waals surface area contributed by atoms with Gasteiger partial charge in [0.25, 0.3) is 0 Å². The first-order valence-electron chi connectivity index (χ1n) is 8.35. The molecule has 1 atom stereocenters. The summed E-state index contributed by atoms with van der Waals surface area (Å²) in [5, 5.41) is 10.1. The van der Waals surface area contributed by atoms with Crippen LogP contribution < -0.4 is 15.5 Å². The Morgan fingerprint density at radius 3 is 3.00 bits per heavy atom. The molecule has 0 saturated carbocycles. The molecule has 0 aromatic carbocycles. The molecule has 8 heteroatoms. The summed E-state index contributed by atoms with van der Waals surface area (Å²) < 4.78 is 7.29. The van der Waals surface area contributed by atoms with Crippen LogP contribution in [-0.2, 0) is 18.3 Å². The van der Waals surface area contributed by atoms with Crippen LogP contribution in [0.4, 0.5) is 16.3 Å². The standard InChI is InChI=1S/C17H24N6O2/c1-22(2)13-6-7-18-12(9-13)11-19-17(24)20-16-10-14(21-23(16)3)15-5-4-8-25-15/h6-7,9-10,15H,4-5,8,11H2,1-3H3,(H2,19,20,24). The van der Waals surface area contributed by atoms with Gasteiger partial charge < -0.3 is 15.0 Å². The zero-order valence-corrected chi connectivity index (χ0v) is 14.8. The van der Waals surface area contributed by atoms with Gasteiger partial charge in [0, 0.05) is 45.7 Å². The van der Waals surface area contributed by atoms with Crippen LogP contribution >= 0.6 is 0 Å². The summed E-state index contributed by atoms with van der Waals surface area (Å²) in [6.45, 7) is 1.12. The number of pyridine rings is 1. The molecular formula is C17H24N6O2. The lowest BCUT2D eigenvalue weighted by Crippen LogP contribution is -2.29. The second-order valence-electron chi connectivity index (χ2n) is 6.29. The fourth-order valence-corrected chi connectivity index (χ4v) is 2.75. The summed E-state index contributed by atoms with van der Waals surface area (Å²) in [7, 11) is 5.73. The van der Waals surface area contributed by atoms with Crippen LogP contribution in [0.15, 0.2) is 24.4 Å². The molecule has 25 heavy (non-hydrogen) atoms. The van der Waals surface area contributed by atoms with Gasteiger partial charge in [-0.2, -0.15) is 5.10 Å². The monoisotopic (exact) mass is 344 g/mol. The number of carbonyl (C=O) groups excluding carboxylic acids is 1. The van der Waals surface area contributed by atoms with Gasteiger partial charge in [-0.25, -0.2) is 4.79 Å². The van der Waals surface area contributed by atoms with Crippen LogP contribution in [0, 0.1) is 0 Å². The van der Waals surface area contributed by atoms with E-state index in [0.29, 0.717) is 12.4 Å². The summed E-state index contributed by atoms with van der Waals surface area (Å²) >= 11 is 0. The number of aromatic nitrogens is 3. The lowest BCUT2D eigenvalue weighted by molar-refractivity contribution is 0.108. The van der Waals surface area contributed by atoms with Gasteiger partial charge in [0.2, 0.25) is 0 Å². The van der Waals surface area contributed by atoms with Crippen molar-refractivity contribution in [3.05, 3.63) is 35.8 Å². The number of rotatable bonds is 5. The molecule has 2 N–H and O–H groups in total. The second-order valence-corrected chi connectivity index (χ2v) is 6.29. The highest BCUT2D eigenvalue weighted by Gasteiger charge is 2.21. The van der Waals surface area contributed by atoms with Crippen molar-refractivity contribution in [3.63, 3.8) is 0 Å². The smallest absolute Gasteiger partial charge is 0.320 e. The third kappa shape index (κ3) is 4.27. The summed E-state index contributed by atoms with van der Waals surface area (Å²) in [6.07, 6.45) is 3.78. The van der Waals surface area contributed by atoms with Crippen molar-refractivity contribution in [3.8, 4) is 0 Å². The van der Waals surface area contributed by atoms with Gasteiger partial charge in [-0.1, -0.05) is 0 Å². The van der Waals surface area contributed by atoms with Gasteiger partial charge in [-0.3, -0.25) is 15.0 Å². The van der Waals surface area contributed by atoms with Crippen molar-refractivity contribution < 1.29 is 9.53 Å². The Hall–Kier alpha value is -2.61. The predicted molar refractivity (Wildman–Crippen MR) is 95.6 cm³/mol. The molecule has 1 fully saturated rings. The van der Waals surface area contributed by atoms with E-state index in [-0.39, 0.29) is 12.1 Å². The molecule has 0 spiro atoms. The highest BCUT2D eigenvalue weighted by molar-refractivity contribution is 5.88. The van der Waals surface area contributed by atoms with E-state index in [1.165, 1.54) is 0 Å². The number of ether oxygens (including phenoxy) is 1. The minimum Gasteiger partial charge on any atom is -0.378 e. The Balaban J connectivity index is 1.56. The molecule has 3 rings (SSSR count). The fourth-order valence-electron chi connectivity index (χ4n) is 2.75. The van der Waals surface area contributed by atoms with Crippen molar-refractivity contribution in [1.82, 2.24) is 20.1 Å². The minimum atomic E-state index is -0.293. The zero-order valence-electron chi connectivity index (χ0n) is 14.8. The lowest BCUT2D eigenvalue weighted by atomic mass is 10.2. The number of hydrogen-bond donors (Lipinski definition) is 2. The van der Waals surface area contributed by atoms with Crippen molar-refractivity contribution in [1.29, 1.82) is 0 Å². The van der Waals surface area contributed by atoms with Crippen LogP contribution in [0.25, 0.3) is 0 Å². The van der Waals surface area contributed by atoms with E-state index in [0.717, 1.165) is 36.5 Å². The molecule has 2 amide bonds. The largest absolute Gasteiger partial charge is 0.378 e. The van der Waals surface area contributed by atoms with E-state index in [9.17, 15) is 4.79 Å². The summed E-state index contributed by atoms with van der Waals surface area (Å²) in [6, 6.07) is 5.44. The van der Waals surface area contributed by atoms with E-state index < -0.39 is 0 Å². The van der Waals surface area contributed by atoms with Gasteiger partial charge in [0.05, 0.1) is 17.9 Å². The molecule has 2 aromatic rings. The third-order valence-corrected chi connectivity index (χ3v) is 4.15. The Kier molecular flexibility index (Phi) is 5.18. The fraction of sp³-hybridized carbons (Fsp3) is 0.471. The number of aryl methyl sites for hydroxylation is 1. The Bertz CT molecular complexity index is 736. The first-order chi connectivity index (χ1) is 12.0. The molecule has 1 unspecified atom stereocenters. The Morgan fingerprint density at radius 2 is 2.28 bits per heavy atom. The molecule has 0 aliphatic carbocycles. The molecule has 0 radical (unpaired) electrons. The predicted octanol–water partition coefficient (Wildman–Crippen LogP) is 2.05. The quantitative estimate of drug-likeness (QED) is 0.867. The number of nitrogens with zero attached hydrogens (tertiary/aromatic N) is 4. The SMILES string of the molecule is CN(C)c1ccnc(CNC(=O)Nc2cc(C3CCCO3)nn2C)c1. The molecule has 2 aromatic heterocycles. The van der Waals surface area contributed by atoms with E-state index in [2.05, 4.69) is 20.7 Å². The van der Waals surface area contributed by atoms with Gasteiger partial charge in [-0.15, -0.1) is 0 Å². The topological polar surface area (TPSA) is 84.3 Å². The third-order valence-electron chi connectivity index (χ3n) is 4.15. The first kappa shape index (κ1) is 17.2. The first-order valence-corrected chi connectivity index (χ1v) is 8.35. The molecule has 0 bridgehead atoms. The average molecular weight is 344 g/mol. The highest BCUT2D eigenvalue weighted by atomic mass is 16.5.